The number of hydrogen-bond acceptors (Lipinski definition) is 7. The Labute approximate surface area is 482 Å². The first-order valence-corrected chi connectivity index (χ1v) is 34.2. The molecule has 0 fully saturated rings. The average Bonchev–Trinajstić information content (AvgIpc) is 3.40. The maximum atomic E-state index is 12.8. The van der Waals surface area contributed by atoms with E-state index in [1.165, 1.54) is 180 Å². The lowest BCUT2D eigenvalue weighted by Gasteiger charge is -2.24. The molecule has 0 heterocycles. The summed E-state index contributed by atoms with van der Waals surface area (Å²) < 4.78 is 34.6. The van der Waals surface area contributed by atoms with Crippen LogP contribution in [0.3, 0.4) is 0 Å². The molecule has 9 nitrogen and oxygen atoms in total. The average molecular weight is 1120 g/mol. The van der Waals surface area contributed by atoms with Crippen LogP contribution in [-0.4, -0.2) is 74.9 Å². The molecule has 78 heavy (non-hydrogen) atoms. The fraction of sp³-hybridized carbons (Fsp3) is 0.794. The Hall–Kier alpha value is -2.55. The van der Waals surface area contributed by atoms with Gasteiger partial charge in [0.1, 0.15) is 19.8 Å². The molecule has 0 aliphatic heterocycles. The van der Waals surface area contributed by atoms with Crippen molar-refractivity contribution in [1.82, 2.24) is 0 Å². The molecule has 0 bridgehead atoms. The van der Waals surface area contributed by atoms with Gasteiger partial charge >= 0.3 is 19.8 Å². The number of allylic oxidation sites excluding steroid dienone is 12. The van der Waals surface area contributed by atoms with Crippen LogP contribution in [0.4, 0.5) is 0 Å². The second-order valence-electron chi connectivity index (χ2n) is 23.1. The van der Waals surface area contributed by atoms with Crippen LogP contribution in [0, 0.1) is 0 Å². The minimum atomic E-state index is -4.40. The van der Waals surface area contributed by atoms with E-state index in [1.54, 1.807) is 0 Å². The third-order valence-electron chi connectivity index (χ3n) is 14.3. The molecule has 2 atom stereocenters. The minimum Gasteiger partial charge on any atom is -0.462 e. The lowest BCUT2D eigenvalue weighted by Crippen LogP contribution is -2.37. The van der Waals surface area contributed by atoms with E-state index in [0.717, 1.165) is 83.5 Å². The molecule has 0 aromatic carbocycles. The standard InChI is InChI=1S/C68H124NO8P/c1-6-8-10-12-14-16-18-20-22-24-26-28-30-31-32-33-34-35-36-37-39-40-42-44-46-48-50-52-54-56-58-60-67(70)74-64-66(65-76-78(72,73)75-63-62-69(3,4)5)77-68(71)61-59-57-55-53-51-49-47-45-43-41-38-29-27-25-23-21-19-17-15-13-11-9-7-2/h9,11,15,17,21,23,27,29,41,43,47,49,66H,6-8,10,12-14,16,18-20,22,24-26,28,30-40,42,44-46,48,50-65H2,1-5H3/p+1/b11-9-,17-15-,23-21-,29-27-,43-41-,49-47-. The second-order valence-corrected chi connectivity index (χ2v) is 24.6. The van der Waals surface area contributed by atoms with Gasteiger partial charge in [0.05, 0.1) is 27.7 Å². The Kier molecular flexibility index (Phi) is 57.2. The third kappa shape index (κ3) is 62.6. The molecule has 0 saturated carbocycles. The van der Waals surface area contributed by atoms with Gasteiger partial charge in [0.2, 0.25) is 0 Å². The molecule has 454 valence electrons. The zero-order chi connectivity index (χ0) is 57.0. The fourth-order valence-corrected chi connectivity index (χ4v) is 10.00. The molecular weight excluding hydrogens is 990 g/mol. The van der Waals surface area contributed by atoms with Crippen LogP contribution in [0.5, 0.6) is 0 Å². The molecule has 0 spiro atoms. The van der Waals surface area contributed by atoms with E-state index in [0.29, 0.717) is 17.4 Å². The highest BCUT2D eigenvalue weighted by atomic mass is 31.2. The molecule has 0 aromatic rings. The first-order valence-electron chi connectivity index (χ1n) is 32.7. The van der Waals surface area contributed by atoms with Gasteiger partial charge in [0, 0.05) is 12.8 Å². The lowest BCUT2D eigenvalue weighted by molar-refractivity contribution is -0.870. The van der Waals surface area contributed by atoms with Crippen molar-refractivity contribution in [3.05, 3.63) is 72.9 Å². The number of ether oxygens (including phenoxy) is 2. The monoisotopic (exact) mass is 1110 g/mol. The number of phosphoric acid groups is 1. The summed E-state index contributed by atoms with van der Waals surface area (Å²) in [6.45, 7) is 4.32. The van der Waals surface area contributed by atoms with Crippen LogP contribution in [0.25, 0.3) is 0 Å². The van der Waals surface area contributed by atoms with Crippen molar-refractivity contribution in [1.29, 1.82) is 0 Å². The smallest absolute Gasteiger partial charge is 0.462 e. The largest absolute Gasteiger partial charge is 0.472 e. The molecule has 0 aromatic heterocycles. The van der Waals surface area contributed by atoms with Crippen molar-refractivity contribution >= 4 is 19.8 Å². The van der Waals surface area contributed by atoms with Gasteiger partial charge in [-0.05, 0) is 64.2 Å². The summed E-state index contributed by atoms with van der Waals surface area (Å²) in [7, 11) is 1.46. The molecule has 0 aliphatic rings. The number of rotatable bonds is 60. The van der Waals surface area contributed by atoms with Crippen molar-refractivity contribution in [3.63, 3.8) is 0 Å². The number of phosphoric ester groups is 1. The first-order chi connectivity index (χ1) is 38.0. The maximum Gasteiger partial charge on any atom is 0.472 e. The first kappa shape index (κ1) is 75.5. The normalized spacial score (nSPS) is 13.7. The minimum absolute atomic E-state index is 0.0243. The van der Waals surface area contributed by atoms with E-state index in [2.05, 4.69) is 86.8 Å². The Morgan fingerprint density at radius 3 is 1.09 bits per heavy atom. The van der Waals surface area contributed by atoms with E-state index in [-0.39, 0.29) is 32.0 Å². The van der Waals surface area contributed by atoms with Crippen molar-refractivity contribution in [2.45, 2.75) is 302 Å². The van der Waals surface area contributed by atoms with Crippen LogP contribution in [0.15, 0.2) is 72.9 Å². The molecule has 0 amide bonds. The molecule has 0 radical (unpaired) electrons. The molecule has 10 heteroatoms. The van der Waals surface area contributed by atoms with Gasteiger partial charge in [-0.15, -0.1) is 0 Å². The number of nitrogens with zero attached hydrogens (tertiary/aromatic N) is 1. The summed E-state index contributed by atoms with van der Waals surface area (Å²) in [6, 6.07) is 0. The van der Waals surface area contributed by atoms with Gasteiger partial charge in [0.25, 0.3) is 0 Å². The number of quaternary nitrogens is 1. The fourth-order valence-electron chi connectivity index (χ4n) is 9.26. The Bertz CT molecular complexity index is 1550. The molecular formula is C68H125NO8P+. The number of esters is 2. The summed E-state index contributed by atoms with van der Waals surface area (Å²) in [5.41, 5.74) is 0. The Balaban J connectivity index is 4.08. The number of hydrogen-bond donors (Lipinski definition) is 1. The zero-order valence-corrected chi connectivity index (χ0v) is 52.5. The van der Waals surface area contributed by atoms with Gasteiger partial charge in [-0.2, -0.15) is 0 Å². The number of unbranched alkanes of at least 4 members (excludes halogenated alkanes) is 34. The van der Waals surface area contributed by atoms with Gasteiger partial charge < -0.3 is 18.9 Å². The molecule has 0 saturated heterocycles. The van der Waals surface area contributed by atoms with E-state index in [9.17, 15) is 19.0 Å². The quantitative estimate of drug-likeness (QED) is 0.0211. The van der Waals surface area contributed by atoms with Crippen molar-refractivity contribution in [2.24, 2.45) is 0 Å². The molecule has 2 unspecified atom stereocenters. The van der Waals surface area contributed by atoms with Gasteiger partial charge in [0.15, 0.2) is 6.10 Å². The number of likely N-dealkylation sites (N-methyl/N-ethyl adjacent to an activating group) is 1. The van der Waals surface area contributed by atoms with Crippen molar-refractivity contribution in [2.75, 3.05) is 47.5 Å². The van der Waals surface area contributed by atoms with E-state index < -0.39 is 26.5 Å². The van der Waals surface area contributed by atoms with Crippen LogP contribution in [0.1, 0.15) is 296 Å². The van der Waals surface area contributed by atoms with Gasteiger partial charge in [-0.1, -0.05) is 292 Å². The zero-order valence-electron chi connectivity index (χ0n) is 51.6. The van der Waals surface area contributed by atoms with Crippen molar-refractivity contribution < 1.29 is 42.1 Å². The van der Waals surface area contributed by atoms with Gasteiger partial charge in [-0.3, -0.25) is 18.6 Å². The summed E-state index contributed by atoms with van der Waals surface area (Å²) in [5, 5.41) is 0. The highest BCUT2D eigenvalue weighted by molar-refractivity contribution is 7.47. The van der Waals surface area contributed by atoms with Gasteiger partial charge in [-0.25, -0.2) is 4.57 Å². The SMILES string of the molecule is CC/C=C\C/C=C\C/C=C\C/C=C\C/C=C\C/C=C\CCCCCCC(=O)OC(COC(=O)CCCCCCCCCCCCCCCCCCCCCCCCCCCCCCCCC)COP(=O)(O)OCC[N+](C)(C)C. The van der Waals surface area contributed by atoms with E-state index >= 15 is 0 Å². The molecule has 1 N–H and O–H groups in total. The highest BCUT2D eigenvalue weighted by Gasteiger charge is 2.27. The predicted octanol–water partition coefficient (Wildman–Crippen LogP) is 20.8. The summed E-state index contributed by atoms with van der Waals surface area (Å²) in [6.07, 6.45) is 78.6. The second kappa shape index (κ2) is 59.1. The highest BCUT2D eigenvalue weighted by Crippen LogP contribution is 2.43. The lowest BCUT2D eigenvalue weighted by atomic mass is 10.0. The van der Waals surface area contributed by atoms with E-state index in [4.69, 9.17) is 18.5 Å². The van der Waals surface area contributed by atoms with E-state index in [1.807, 2.05) is 21.1 Å². The summed E-state index contributed by atoms with van der Waals surface area (Å²) >= 11 is 0. The topological polar surface area (TPSA) is 108 Å². The molecule has 0 aliphatic carbocycles. The predicted molar refractivity (Wildman–Crippen MR) is 335 cm³/mol. The summed E-state index contributed by atoms with van der Waals surface area (Å²) in [4.78, 5) is 35.8. The molecule has 0 rings (SSSR count). The number of carbonyl (C=O) groups excluding carboxylic acids is 2. The Morgan fingerprint density at radius 1 is 0.410 bits per heavy atom. The maximum absolute atomic E-state index is 12.8. The van der Waals surface area contributed by atoms with Crippen molar-refractivity contribution in [3.8, 4) is 0 Å². The number of carbonyl (C=O) groups is 2. The third-order valence-corrected chi connectivity index (χ3v) is 15.2. The van der Waals surface area contributed by atoms with Crippen LogP contribution in [-0.2, 0) is 32.7 Å². The summed E-state index contributed by atoms with van der Waals surface area (Å²) in [5.74, 6) is -0.818. The van der Waals surface area contributed by atoms with Crippen LogP contribution >= 0.6 is 7.82 Å². The van der Waals surface area contributed by atoms with Crippen LogP contribution < -0.4 is 0 Å². The van der Waals surface area contributed by atoms with Crippen LogP contribution in [0.2, 0.25) is 0 Å². The Morgan fingerprint density at radius 2 is 0.731 bits per heavy atom.